The van der Waals surface area contributed by atoms with Crippen LogP contribution in [0.2, 0.25) is 0 Å². The molecule has 0 spiro atoms. The summed E-state index contributed by atoms with van der Waals surface area (Å²) in [5.41, 5.74) is 0.179. The lowest BCUT2D eigenvalue weighted by molar-refractivity contribution is -0.181. The largest absolute Gasteiger partial charge is 0.477 e. The van der Waals surface area contributed by atoms with Gasteiger partial charge in [-0.15, -0.1) is 11.8 Å². The number of para-hydroxylation sites is 1. The highest BCUT2D eigenvalue weighted by atomic mass is 32.2. The zero-order valence-electron chi connectivity index (χ0n) is 21.6. The number of hydrogen-bond acceptors (Lipinski definition) is 9. The number of urea groups is 2. The third kappa shape index (κ3) is 6.02. The second-order valence-electron chi connectivity index (χ2n) is 9.15. The summed E-state index contributed by atoms with van der Waals surface area (Å²) in [5.74, 6) is -5.64. The lowest BCUT2D eigenvalue weighted by Crippen LogP contribution is -2.70. The molecule has 7 amide bonds. The number of β-lactam (4-membered cyclic amide) rings is 1. The molecule has 1 aromatic rings. The second kappa shape index (κ2) is 11.7. The van der Waals surface area contributed by atoms with E-state index in [2.05, 4.69) is 10.6 Å². The van der Waals surface area contributed by atoms with Gasteiger partial charge in [0, 0.05) is 30.5 Å². The highest BCUT2D eigenvalue weighted by molar-refractivity contribution is 8.00. The van der Waals surface area contributed by atoms with Gasteiger partial charge < -0.3 is 20.5 Å². The van der Waals surface area contributed by atoms with E-state index in [9.17, 15) is 51.8 Å². The van der Waals surface area contributed by atoms with Crippen molar-refractivity contribution >= 4 is 59.2 Å². The van der Waals surface area contributed by atoms with E-state index in [-0.39, 0.29) is 46.2 Å². The second-order valence-corrected chi connectivity index (χ2v) is 10.3. The Morgan fingerprint density at radius 2 is 1.76 bits per heavy atom. The molecule has 0 aliphatic carbocycles. The maximum Gasteiger partial charge on any atom is 0.471 e. The van der Waals surface area contributed by atoms with E-state index in [1.165, 1.54) is 36.0 Å². The van der Waals surface area contributed by atoms with Crippen molar-refractivity contribution in [1.29, 1.82) is 0 Å². The number of nitrogens with zero attached hydrogens (tertiary/aromatic N) is 3. The quantitative estimate of drug-likeness (QED) is 0.295. The highest BCUT2D eigenvalue weighted by Gasteiger charge is 2.54. The number of rotatable bonds is 7. The molecule has 0 radical (unpaired) electrons. The maximum absolute atomic E-state index is 12.8. The number of carboxylic acids is 1. The fourth-order valence-electron chi connectivity index (χ4n) is 4.43. The monoisotopic (exact) mass is 613 g/mol. The SMILES string of the molecule is CC(=O)OCC1=C(C(=O)O)N2C(=O)C(NC(=O)Cc3ccccc3NC(=O)N3CCN(C(=O)C(F)(F)F)C3=O)[C@H]2SC1. The van der Waals surface area contributed by atoms with Gasteiger partial charge in [0.05, 0.1) is 13.0 Å². The first-order chi connectivity index (χ1) is 19.7. The zero-order chi connectivity index (χ0) is 30.9. The molecule has 3 aliphatic rings. The number of carboxylic acid groups (broad SMARTS) is 1. The zero-order valence-corrected chi connectivity index (χ0v) is 22.4. The van der Waals surface area contributed by atoms with Crippen LogP contribution in [0.5, 0.6) is 0 Å². The van der Waals surface area contributed by atoms with Crippen LogP contribution in [0.25, 0.3) is 0 Å². The first kappa shape index (κ1) is 30.4. The van der Waals surface area contributed by atoms with Crippen molar-refractivity contribution in [3.8, 4) is 0 Å². The Balaban J connectivity index is 1.39. The number of carbonyl (C=O) groups is 7. The first-order valence-electron chi connectivity index (χ1n) is 12.1. The summed E-state index contributed by atoms with van der Waals surface area (Å²) in [5, 5.41) is 13.8. The molecule has 18 heteroatoms. The number of imide groups is 2. The number of anilines is 1. The van der Waals surface area contributed by atoms with E-state index in [0.29, 0.717) is 4.90 Å². The van der Waals surface area contributed by atoms with Gasteiger partial charge in [0.2, 0.25) is 5.91 Å². The van der Waals surface area contributed by atoms with Crippen molar-refractivity contribution < 1.29 is 56.6 Å². The predicted octanol–water partition coefficient (Wildman–Crippen LogP) is 0.889. The number of hydrogen-bond donors (Lipinski definition) is 3. The highest BCUT2D eigenvalue weighted by Crippen LogP contribution is 2.40. The van der Waals surface area contributed by atoms with E-state index in [0.717, 1.165) is 11.8 Å². The molecule has 1 aromatic carbocycles. The molecule has 3 N–H and O–H groups in total. The number of ether oxygens (including phenoxy) is 1. The van der Waals surface area contributed by atoms with Gasteiger partial charge in [0.25, 0.3) is 5.91 Å². The number of nitrogens with one attached hydrogen (secondary N) is 2. The molecule has 0 bridgehead atoms. The smallest absolute Gasteiger partial charge is 0.471 e. The molecule has 0 aromatic heterocycles. The maximum atomic E-state index is 12.8. The number of alkyl halides is 3. The Kier molecular flexibility index (Phi) is 8.46. The van der Waals surface area contributed by atoms with Gasteiger partial charge in [-0.25, -0.2) is 19.3 Å². The predicted molar refractivity (Wildman–Crippen MR) is 135 cm³/mol. The number of benzene rings is 1. The minimum Gasteiger partial charge on any atom is -0.477 e. The van der Waals surface area contributed by atoms with Gasteiger partial charge in [-0.05, 0) is 11.6 Å². The Bertz CT molecular complexity index is 1420. The fraction of sp³-hybridized carbons (Fsp3) is 0.375. The van der Waals surface area contributed by atoms with Crippen LogP contribution in [0.3, 0.4) is 0 Å². The minimum atomic E-state index is -5.30. The van der Waals surface area contributed by atoms with Crippen molar-refractivity contribution in [1.82, 2.24) is 20.0 Å². The molecule has 2 atom stereocenters. The Morgan fingerprint density at radius 3 is 2.40 bits per heavy atom. The Labute approximate surface area is 238 Å². The topological polar surface area (TPSA) is 183 Å². The van der Waals surface area contributed by atoms with E-state index < -0.39 is 72.4 Å². The number of aliphatic carboxylic acids is 1. The average molecular weight is 614 g/mol. The van der Waals surface area contributed by atoms with Gasteiger partial charge in [-0.2, -0.15) is 13.2 Å². The van der Waals surface area contributed by atoms with Crippen molar-refractivity contribution in [2.75, 3.05) is 30.8 Å². The number of carbonyl (C=O) groups excluding carboxylic acids is 6. The van der Waals surface area contributed by atoms with Crippen molar-refractivity contribution in [2.24, 2.45) is 0 Å². The van der Waals surface area contributed by atoms with Gasteiger partial charge in [0.15, 0.2) is 0 Å². The molecular weight excluding hydrogens is 591 g/mol. The van der Waals surface area contributed by atoms with E-state index in [1.807, 2.05) is 0 Å². The molecule has 1 unspecified atom stereocenters. The van der Waals surface area contributed by atoms with Crippen LogP contribution in [0.4, 0.5) is 28.4 Å². The number of halogens is 3. The Hall–Kier alpha value is -4.61. The standard InChI is InChI=1S/C24H22F3N5O9S/c1-11(33)41-9-13-10-42-19-16(18(35)32(19)17(13)20(36)37)29-15(34)8-12-4-2-3-5-14(12)28-22(39)31-7-6-30(23(31)40)21(38)24(25,26)27/h2-5,16,19H,6-10H2,1H3,(H,28,39)(H,29,34)(H,36,37)/t16?,19-/m1/s1. The summed E-state index contributed by atoms with van der Waals surface area (Å²) in [6.45, 7) is -0.280. The molecular formula is C24H22F3N5O9S. The van der Waals surface area contributed by atoms with Gasteiger partial charge in [-0.1, -0.05) is 18.2 Å². The summed E-state index contributed by atoms with van der Waals surface area (Å²) in [6, 6.07) is 2.22. The van der Waals surface area contributed by atoms with E-state index in [1.54, 1.807) is 0 Å². The molecule has 2 saturated heterocycles. The van der Waals surface area contributed by atoms with Crippen LogP contribution in [0.15, 0.2) is 35.5 Å². The van der Waals surface area contributed by atoms with Crippen LogP contribution in [-0.2, 0) is 35.1 Å². The van der Waals surface area contributed by atoms with Crippen molar-refractivity contribution in [2.45, 2.75) is 30.9 Å². The first-order valence-corrected chi connectivity index (χ1v) is 13.2. The van der Waals surface area contributed by atoms with Crippen LogP contribution in [0, 0.1) is 0 Å². The summed E-state index contributed by atoms with van der Waals surface area (Å²) < 4.78 is 43.0. The molecule has 3 aliphatic heterocycles. The molecule has 224 valence electrons. The molecule has 0 saturated carbocycles. The van der Waals surface area contributed by atoms with Gasteiger partial charge >= 0.3 is 36.1 Å². The van der Waals surface area contributed by atoms with E-state index in [4.69, 9.17) is 4.74 Å². The minimum absolute atomic E-state index is 0.0471. The van der Waals surface area contributed by atoms with E-state index >= 15 is 0 Å². The fourth-order valence-corrected chi connectivity index (χ4v) is 5.75. The average Bonchev–Trinajstić information content (AvgIpc) is 3.30. The number of amides is 7. The van der Waals surface area contributed by atoms with Crippen LogP contribution < -0.4 is 10.6 Å². The van der Waals surface area contributed by atoms with Crippen LogP contribution in [0.1, 0.15) is 12.5 Å². The van der Waals surface area contributed by atoms with Gasteiger partial charge in [0.1, 0.15) is 23.7 Å². The third-order valence-electron chi connectivity index (χ3n) is 6.37. The summed E-state index contributed by atoms with van der Waals surface area (Å²) >= 11 is 1.17. The number of thioether (sulfide) groups is 1. The Morgan fingerprint density at radius 1 is 1.10 bits per heavy atom. The number of fused-ring (bicyclic) bond motifs is 1. The summed E-state index contributed by atoms with van der Waals surface area (Å²) in [6.07, 6.45) is -5.67. The molecule has 4 rings (SSSR count). The summed E-state index contributed by atoms with van der Waals surface area (Å²) in [4.78, 5) is 86.3. The lowest BCUT2D eigenvalue weighted by atomic mass is 10.0. The van der Waals surface area contributed by atoms with Crippen LogP contribution >= 0.6 is 11.8 Å². The van der Waals surface area contributed by atoms with Crippen molar-refractivity contribution in [3.05, 3.63) is 41.1 Å². The normalized spacial score (nSPS) is 20.1. The van der Waals surface area contributed by atoms with Gasteiger partial charge in [-0.3, -0.25) is 29.0 Å². The molecule has 14 nitrogen and oxygen atoms in total. The van der Waals surface area contributed by atoms with Crippen LogP contribution in [-0.4, -0.2) is 105 Å². The molecule has 2 fully saturated rings. The molecule has 3 heterocycles. The lowest BCUT2D eigenvalue weighted by Gasteiger charge is -2.49. The summed E-state index contributed by atoms with van der Waals surface area (Å²) in [7, 11) is 0. The van der Waals surface area contributed by atoms with Crippen molar-refractivity contribution in [3.63, 3.8) is 0 Å². The third-order valence-corrected chi connectivity index (χ3v) is 7.71. The molecule has 42 heavy (non-hydrogen) atoms. The number of esters is 1.